The second kappa shape index (κ2) is 9.04. The normalized spacial score (nSPS) is 13.3. The number of benzene rings is 1. The van der Waals surface area contributed by atoms with E-state index in [1.54, 1.807) is 0 Å². The molecule has 1 aromatic carbocycles. The summed E-state index contributed by atoms with van der Waals surface area (Å²) >= 11 is 0. The Morgan fingerprint density at radius 3 is 2.00 bits per heavy atom. The van der Waals surface area contributed by atoms with Crippen LogP contribution in [0.5, 0.6) is 0 Å². The predicted octanol–water partition coefficient (Wildman–Crippen LogP) is 6.46. The molecule has 0 N–H and O–H groups in total. The van der Waals surface area contributed by atoms with Crippen molar-refractivity contribution in [2.24, 2.45) is 5.41 Å². The van der Waals surface area contributed by atoms with E-state index in [0.717, 1.165) is 0 Å². The van der Waals surface area contributed by atoms with Crippen LogP contribution >= 0.6 is 0 Å². The molecule has 0 bridgehead atoms. The zero-order valence-electron chi connectivity index (χ0n) is 7.67. The molecule has 1 aromatic rings. The maximum absolute atomic E-state index is 2.30. The van der Waals surface area contributed by atoms with Crippen LogP contribution in [0.1, 0.15) is 62.1 Å². The number of hydrogen-bond donors (Lipinski definition) is 0. The lowest BCUT2D eigenvalue weighted by Gasteiger charge is -2.25. The molecule has 0 aliphatic heterocycles. The van der Waals surface area contributed by atoms with Crippen molar-refractivity contribution >= 4 is 6.08 Å². The van der Waals surface area contributed by atoms with Gasteiger partial charge < -0.3 is 0 Å². The number of hydrogen-bond acceptors (Lipinski definition) is 0. The van der Waals surface area contributed by atoms with E-state index in [-0.39, 0.29) is 37.1 Å². The highest BCUT2D eigenvalue weighted by atomic mass is 14.2. The van der Waals surface area contributed by atoms with Gasteiger partial charge in [0.1, 0.15) is 0 Å². The summed E-state index contributed by atoms with van der Waals surface area (Å²) in [5.74, 6) is 0. The first-order chi connectivity index (χ1) is 5.67. The average Bonchev–Trinajstić information content (AvgIpc) is 2.02. The fraction of sp³-hybridized carbons (Fsp3) is 0.529. The van der Waals surface area contributed by atoms with Gasteiger partial charge in [-0.2, -0.15) is 0 Å². The lowest BCUT2D eigenvalue weighted by Crippen LogP contribution is -2.15. The lowest BCUT2D eigenvalue weighted by molar-refractivity contribution is 0.475. The van der Waals surface area contributed by atoms with Gasteiger partial charge in [-0.1, -0.05) is 87.4 Å². The molecule has 0 atom stereocenters. The van der Waals surface area contributed by atoms with Crippen molar-refractivity contribution in [3.63, 3.8) is 0 Å². The predicted molar refractivity (Wildman–Crippen MR) is 86.6 cm³/mol. The molecule has 0 radical (unpaired) electrons. The van der Waals surface area contributed by atoms with Gasteiger partial charge in [0.15, 0.2) is 0 Å². The number of rotatable bonds is 0. The van der Waals surface area contributed by atoms with Crippen LogP contribution in [0, 0.1) is 5.41 Å². The van der Waals surface area contributed by atoms with Crippen LogP contribution in [-0.4, -0.2) is 0 Å². The largest absolute Gasteiger partial charge is 0.0779 e. The Morgan fingerprint density at radius 1 is 0.882 bits per heavy atom. The summed E-state index contributed by atoms with van der Waals surface area (Å²) in [6.07, 6.45) is 5.70. The van der Waals surface area contributed by atoms with Crippen LogP contribution in [0.3, 0.4) is 0 Å². The van der Waals surface area contributed by atoms with Gasteiger partial charge in [-0.3, -0.25) is 0 Å². The standard InChI is InChI=1S/C12H14.5CH4/c1-12(2)8-7-10-5-3-4-6-11(10)9-12;;;;;/h3-8H,9H2,1-2H3;5*1H4. The van der Waals surface area contributed by atoms with Crippen molar-refractivity contribution in [2.45, 2.75) is 57.4 Å². The third kappa shape index (κ3) is 5.72. The van der Waals surface area contributed by atoms with E-state index in [1.165, 1.54) is 17.5 Å². The van der Waals surface area contributed by atoms with Crippen LogP contribution in [0.15, 0.2) is 30.3 Å². The van der Waals surface area contributed by atoms with E-state index in [4.69, 9.17) is 0 Å². The van der Waals surface area contributed by atoms with E-state index >= 15 is 0 Å². The van der Waals surface area contributed by atoms with Crippen LogP contribution in [0.2, 0.25) is 0 Å². The third-order valence-corrected chi connectivity index (χ3v) is 2.42. The third-order valence-electron chi connectivity index (χ3n) is 2.42. The molecule has 0 aromatic heterocycles. The average molecular weight is 238 g/mol. The lowest BCUT2D eigenvalue weighted by atomic mass is 9.80. The first-order valence-electron chi connectivity index (χ1n) is 4.45. The van der Waals surface area contributed by atoms with E-state index in [2.05, 4.69) is 50.3 Å². The highest BCUT2D eigenvalue weighted by Crippen LogP contribution is 2.31. The molecule has 0 heterocycles. The van der Waals surface area contributed by atoms with E-state index in [1.807, 2.05) is 0 Å². The zero-order chi connectivity index (χ0) is 8.60. The van der Waals surface area contributed by atoms with E-state index in [9.17, 15) is 0 Å². The Morgan fingerprint density at radius 2 is 1.41 bits per heavy atom. The van der Waals surface area contributed by atoms with Crippen molar-refractivity contribution in [2.75, 3.05) is 0 Å². The van der Waals surface area contributed by atoms with Crippen molar-refractivity contribution in [3.8, 4) is 0 Å². The Balaban J connectivity index is -0.000000169. The Hall–Kier alpha value is -1.04. The molecule has 0 saturated heterocycles. The molecule has 0 unspecified atom stereocenters. The highest BCUT2D eigenvalue weighted by Gasteiger charge is 2.19. The van der Waals surface area contributed by atoms with E-state index in [0.29, 0.717) is 5.41 Å². The van der Waals surface area contributed by atoms with Crippen LogP contribution in [0.4, 0.5) is 0 Å². The van der Waals surface area contributed by atoms with Crippen molar-refractivity contribution in [1.29, 1.82) is 0 Å². The topological polar surface area (TPSA) is 0 Å². The summed E-state index contributed by atoms with van der Waals surface area (Å²) in [5.41, 5.74) is 3.20. The van der Waals surface area contributed by atoms with Crippen LogP contribution < -0.4 is 0 Å². The second-order valence-electron chi connectivity index (χ2n) is 4.20. The minimum Gasteiger partial charge on any atom is -0.0779 e. The first-order valence-corrected chi connectivity index (χ1v) is 4.45. The molecule has 0 nitrogen and oxygen atoms in total. The number of fused-ring (bicyclic) bond motifs is 1. The minimum absolute atomic E-state index is 0. The molecule has 2 rings (SSSR count). The summed E-state index contributed by atoms with van der Waals surface area (Å²) in [6, 6.07) is 8.62. The Kier molecular flexibility index (Phi) is 13.3. The smallest absolute Gasteiger partial charge is 0.0131 e. The highest BCUT2D eigenvalue weighted by molar-refractivity contribution is 5.57. The summed E-state index contributed by atoms with van der Waals surface area (Å²) in [7, 11) is 0. The van der Waals surface area contributed by atoms with Gasteiger partial charge in [0, 0.05) is 0 Å². The van der Waals surface area contributed by atoms with Gasteiger partial charge in [0.2, 0.25) is 0 Å². The van der Waals surface area contributed by atoms with Crippen LogP contribution in [-0.2, 0) is 6.42 Å². The van der Waals surface area contributed by atoms with Gasteiger partial charge in [0.05, 0.1) is 0 Å². The molecule has 1 aliphatic rings. The molecular formula is C17H34. The fourth-order valence-electron chi connectivity index (χ4n) is 1.72. The van der Waals surface area contributed by atoms with Gasteiger partial charge >= 0.3 is 0 Å². The molecule has 0 heteroatoms. The van der Waals surface area contributed by atoms with Gasteiger partial charge in [0.25, 0.3) is 0 Å². The summed E-state index contributed by atoms with van der Waals surface area (Å²) in [5, 5.41) is 0. The van der Waals surface area contributed by atoms with Gasteiger partial charge in [-0.05, 0) is 23.0 Å². The molecule has 1 aliphatic carbocycles. The Labute approximate surface area is 111 Å². The van der Waals surface area contributed by atoms with Crippen molar-refractivity contribution < 1.29 is 0 Å². The van der Waals surface area contributed by atoms with E-state index < -0.39 is 0 Å². The summed E-state index contributed by atoms with van der Waals surface area (Å²) in [6.45, 7) is 4.55. The van der Waals surface area contributed by atoms with Gasteiger partial charge in [-0.15, -0.1) is 0 Å². The zero-order valence-corrected chi connectivity index (χ0v) is 7.67. The van der Waals surface area contributed by atoms with Crippen LogP contribution in [0.25, 0.3) is 6.08 Å². The maximum atomic E-state index is 2.30. The molecular weight excluding hydrogens is 204 g/mol. The molecule has 102 valence electrons. The summed E-state index contributed by atoms with van der Waals surface area (Å²) in [4.78, 5) is 0. The minimum atomic E-state index is 0. The fourth-order valence-corrected chi connectivity index (χ4v) is 1.72. The monoisotopic (exact) mass is 238 g/mol. The van der Waals surface area contributed by atoms with Crippen molar-refractivity contribution in [3.05, 3.63) is 41.5 Å². The SMILES string of the molecule is C.C.C.C.C.CC1(C)C=Cc2ccccc2C1. The molecule has 0 amide bonds. The molecule has 0 saturated carbocycles. The second-order valence-corrected chi connectivity index (χ2v) is 4.20. The molecule has 0 fully saturated rings. The molecule has 17 heavy (non-hydrogen) atoms. The first kappa shape index (κ1) is 25.0. The molecule has 0 spiro atoms. The quantitative estimate of drug-likeness (QED) is 0.486. The Bertz CT molecular complexity index is 319. The maximum Gasteiger partial charge on any atom is -0.0131 e. The van der Waals surface area contributed by atoms with Crippen molar-refractivity contribution in [1.82, 2.24) is 0 Å². The van der Waals surface area contributed by atoms with Gasteiger partial charge in [-0.25, -0.2) is 0 Å². The number of allylic oxidation sites excluding steroid dienone is 1. The summed E-state index contributed by atoms with van der Waals surface area (Å²) < 4.78 is 0.